The van der Waals surface area contributed by atoms with Gasteiger partial charge in [0.25, 0.3) is 0 Å². The number of aromatic nitrogens is 1. The molecule has 0 aliphatic rings. The number of ether oxygens (including phenoxy) is 1. The van der Waals surface area contributed by atoms with Gasteiger partial charge in [0.1, 0.15) is 12.3 Å². The number of carbonyl (C=O) groups excluding carboxylic acids is 1. The molecule has 0 saturated carbocycles. The van der Waals surface area contributed by atoms with Gasteiger partial charge >= 0.3 is 5.97 Å². The van der Waals surface area contributed by atoms with Crippen LogP contribution in [0.5, 0.6) is 0 Å². The Hall–Kier alpha value is -2.37. The van der Waals surface area contributed by atoms with Gasteiger partial charge in [-0.3, -0.25) is 0 Å². The Balaban J connectivity index is 2.06. The van der Waals surface area contributed by atoms with Crippen LogP contribution in [-0.4, -0.2) is 10.5 Å². The first-order valence-electron chi connectivity index (χ1n) is 6.58. The third-order valence-corrected chi connectivity index (χ3v) is 2.95. The second-order valence-electron chi connectivity index (χ2n) is 4.68. The van der Waals surface area contributed by atoms with Gasteiger partial charge < -0.3 is 15.0 Å². The molecule has 2 N–H and O–H groups in total. The van der Waals surface area contributed by atoms with E-state index in [1.807, 2.05) is 6.92 Å². The van der Waals surface area contributed by atoms with Crippen LogP contribution in [0.3, 0.4) is 0 Å². The fraction of sp³-hybridized carbons (Fsp3) is 0.267. The van der Waals surface area contributed by atoms with Crippen LogP contribution < -0.4 is 5.73 Å². The smallest absolute Gasteiger partial charge is 0.355 e. The standard InChI is InChI=1S/C15H16F2N2O2/c1-2-5-19-8-11(18)7-14(19)15(20)21-9-10-3-4-12(16)13(17)6-10/h3-4,6-8H,2,5,9,18H2,1H3. The molecule has 0 fully saturated rings. The molecule has 2 rings (SSSR count). The van der Waals surface area contributed by atoms with E-state index in [-0.39, 0.29) is 6.61 Å². The highest BCUT2D eigenvalue weighted by Crippen LogP contribution is 2.15. The molecule has 6 heteroatoms. The third kappa shape index (κ3) is 3.59. The van der Waals surface area contributed by atoms with Gasteiger partial charge in [-0.2, -0.15) is 0 Å². The molecular weight excluding hydrogens is 278 g/mol. The maximum atomic E-state index is 13.1. The quantitative estimate of drug-likeness (QED) is 0.862. The van der Waals surface area contributed by atoms with Crippen LogP contribution >= 0.6 is 0 Å². The topological polar surface area (TPSA) is 57.2 Å². The Labute approximate surface area is 121 Å². The van der Waals surface area contributed by atoms with Crippen molar-refractivity contribution in [2.75, 3.05) is 5.73 Å². The van der Waals surface area contributed by atoms with E-state index in [1.165, 1.54) is 12.1 Å². The van der Waals surface area contributed by atoms with E-state index in [2.05, 4.69) is 0 Å². The van der Waals surface area contributed by atoms with Gasteiger partial charge in [-0.1, -0.05) is 13.0 Å². The van der Waals surface area contributed by atoms with Crippen molar-refractivity contribution in [3.8, 4) is 0 Å². The first-order valence-corrected chi connectivity index (χ1v) is 6.58. The number of hydrogen-bond acceptors (Lipinski definition) is 3. The number of rotatable bonds is 5. The first kappa shape index (κ1) is 15.0. The molecule has 0 spiro atoms. The minimum atomic E-state index is -0.970. The molecule has 21 heavy (non-hydrogen) atoms. The largest absolute Gasteiger partial charge is 0.456 e. The minimum absolute atomic E-state index is 0.132. The van der Waals surface area contributed by atoms with Gasteiger partial charge in [-0.25, -0.2) is 13.6 Å². The molecule has 1 aromatic carbocycles. The number of nitrogens with zero attached hydrogens (tertiary/aromatic N) is 1. The van der Waals surface area contributed by atoms with Gasteiger partial charge in [0, 0.05) is 12.7 Å². The van der Waals surface area contributed by atoms with Crippen molar-refractivity contribution in [2.24, 2.45) is 0 Å². The molecule has 0 aliphatic heterocycles. The molecule has 1 heterocycles. The number of nitrogens with two attached hydrogens (primary N) is 1. The second-order valence-corrected chi connectivity index (χ2v) is 4.68. The van der Waals surface area contributed by atoms with E-state index in [9.17, 15) is 13.6 Å². The summed E-state index contributed by atoms with van der Waals surface area (Å²) < 4.78 is 32.7. The van der Waals surface area contributed by atoms with Crippen LogP contribution in [0.1, 0.15) is 29.4 Å². The molecule has 0 unspecified atom stereocenters. The van der Waals surface area contributed by atoms with Crippen molar-refractivity contribution < 1.29 is 18.3 Å². The molecule has 2 aromatic rings. The summed E-state index contributed by atoms with van der Waals surface area (Å²) >= 11 is 0. The Morgan fingerprint density at radius 1 is 1.29 bits per heavy atom. The molecule has 0 amide bonds. The van der Waals surface area contributed by atoms with E-state index in [4.69, 9.17) is 10.5 Å². The van der Waals surface area contributed by atoms with Crippen molar-refractivity contribution in [1.29, 1.82) is 0 Å². The molecule has 4 nitrogen and oxygen atoms in total. The van der Waals surface area contributed by atoms with Crippen LogP contribution in [0.4, 0.5) is 14.5 Å². The van der Waals surface area contributed by atoms with Crippen molar-refractivity contribution in [2.45, 2.75) is 26.5 Å². The summed E-state index contributed by atoms with van der Waals surface area (Å²) in [6.07, 6.45) is 2.51. The summed E-state index contributed by atoms with van der Waals surface area (Å²) in [4.78, 5) is 12.0. The number of carbonyl (C=O) groups is 1. The SMILES string of the molecule is CCCn1cc(N)cc1C(=O)OCc1ccc(F)c(F)c1. The molecule has 0 atom stereocenters. The minimum Gasteiger partial charge on any atom is -0.456 e. The lowest BCUT2D eigenvalue weighted by Crippen LogP contribution is -2.11. The highest BCUT2D eigenvalue weighted by atomic mass is 19.2. The monoisotopic (exact) mass is 294 g/mol. The van der Waals surface area contributed by atoms with Crippen molar-refractivity contribution in [3.63, 3.8) is 0 Å². The summed E-state index contributed by atoms with van der Waals surface area (Å²) in [5.41, 5.74) is 6.87. The van der Waals surface area contributed by atoms with Crippen molar-refractivity contribution in [3.05, 3.63) is 53.4 Å². The van der Waals surface area contributed by atoms with Crippen molar-refractivity contribution in [1.82, 2.24) is 4.57 Å². The number of aryl methyl sites for hydroxylation is 1. The lowest BCUT2D eigenvalue weighted by atomic mass is 10.2. The van der Waals surface area contributed by atoms with Gasteiger partial charge in [0.15, 0.2) is 11.6 Å². The number of anilines is 1. The Kier molecular flexibility index (Phi) is 4.57. The van der Waals surface area contributed by atoms with Crippen LogP contribution in [-0.2, 0) is 17.9 Å². The predicted octanol–water partition coefficient (Wildman–Crippen LogP) is 3.12. The maximum absolute atomic E-state index is 13.1. The number of esters is 1. The summed E-state index contributed by atoms with van der Waals surface area (Å²) in [5, 5.41) is 0. The van der Waals surface area contributed by atoms with E-state index >= 15 is 0 Å². The van der Waals surface area contributed by atoms with Crippen molar-refractivity contribution >= 4 is 11.7 Å². The van der Waals surface area contributed by atoms with Crippen LogP contribution in [0, 0.1) is 11.6 Å². The average Bonchev–Trinajstić information content (AvgIpc) is 2.81. The summed E-state index contributed by atoms with van der Waals surface area (Å²) in [7, 11) is 0. The van der Waals surface area contributed by atoms with E-state index < -0.39 is 17.6 Å². The zero-order valence-corrected chi connectivity index (χ0v) is 11.6. The van der Waals surface area contributed by atoms with Gasteiger partial charge in [0.05, 0.1) is 5.69 Å². The molecule has 0 saturated heterocycles. The van der Waals surface area contributed by atoms with E-state index in [1.54, 1.807) is 10.8 Å². The molecule has 0 aliphatic carbocycles. The maximum Gasteiger partial charge on any atom is 0.355 e. The Morgan fingerprint density at radius 3 is 2.71 bits per heavy atom. The summed E-state index contributed by atoms with van der Waals surface area (Å²) in [6.45, 7) is 2.49. The van der Waals surface area contributed by atoms with Crippen LogP contribution in [0.15, 0.2) is 30.5 Å². The zero-order valence-electron chi connectivity index (χ0n) is 11.6. The number of hydrogen-bond donors (Lipinski definition) is 1. The van der Waals surface area contributed by atoms with Crippen LogP contribution in [0.2, 0.25) is 0 Å². The number of benzene rings is 1. The highest BCUT2D eigenvalue weighted by molar-refractivity contribution is 5.89. The summed E-state index contributed by atoms with van der Waals surface area (Å²) in [6, 6.07) is 4.90. The van der Waals surface area contributed by atoms with Gasteiger partial charge in [-0.05, 0) is 30.2 Å². The van der Waals surface area contributed by atoms with Crippen LogP contribution in [0.25, 0.3) is 0 Å². The Morgan fingerprint density at radius 2 is 2.05 bits per heavy atom. The van der Waals surface area contributed by atoms with E-state index in [0.29, 0.717) is 23.5 Å². The first-order chi connectivity index (χ1) is 10.0. The Bertz CT molecular complexity index is 653. The van der Waals surface area contributed by atoms with Gasteiger partial charge in [-0.15, -0.1) is 0 Å². The fourth-order valence-electron chi connectivity index (χ4n) is 1.98. The molecule has 0 radical (unpaired) electrons. The second kappa shape index (κ2) is 6.39. The van der Waals surface area contributed by atoms with E-state index in [0.717, 1.165) is 18.6 Å². The zero-order chi connectivity index (χ0) is 15.4. The number of halogens is 2. The molecule has 1 aromatic heterocycles. The lowest BCUT2D eigenvalue weighted by molar-refractivity contribution is 0.0459. The fourth-order valence-corrected chi connectivity index (χ4v) is 1.98. The molecule has 112 valence electrons. The lowest BCUT2D eigenvalue weighted by Gasteiger charge is -2.08. The molecule has 0 bridgehead atoms. The number of nitrogen functional groups attached to an aromatic ring is 1. The highest BCUT2D eigenvalue weighted by Gasteiger charge is 2.14. The van der Waals surface area contributed by atoms with Gasteiger partial charge in [0.2, 0.25) is 0 Å². The third-order valence-electron chi connectivity index (χ3n) is 2.95. The molecular formula is C15H16F2N2O2. The predicted molar refractivity (Wildman–Crippen MR) is 74.6 cm³/mol. The normalized spacial score (nSPS) is 10.6. The average molecular weight is 294 g/mol. The summed E-state index contributed by atoms with van der Waals surface area (Å²) in [5.74, 6) is -2.46.